The van der Waals surface area contributed by atoms with Crippen molar-refractivity contribution < 1.29 is 14.3 Å². The minimum atomic E-state index is -0.398. The van der Waals surface area contributed by atoms with E-state index in [2.05, 4.69) is 5.32 Å². The summed E-state index contributed by atoms with van der Waals surface area (Å²) in [5.74, 6) is 0.0344. The molecule has 0 aliphatic carbocycles. The fraction of sp³-hybridized carbons (Fsp3) is 0.292. The van der Waals surface area contributed by atoms with Gasteiger partial charge in [-0.15, -0.1) is 0 Å². The molecule has 31 heavy (non-hydrogen) atoms. The van der Waals surface area contributed by atoms with Gasteiger partial charge >= 0.3 is 0 Å². The Morgan fingerprint density at radius 3 is 2.39 bits per heavy atom. The second-order valence-corrected chi connectivity index (χ2v) is 7.56. The average Bonchev–Trinajstić information content (AvgIpc) is 2.83. The predicted octanol–water partition coefficient (Wildman–Crippen LogP) is 2.74. The van der Waals surface area contributed by atoms with Crippen LogP contribution in [0.2, 0.25) is 0 Å². The van der Waals surface area contributed by atoms with Gasteiger partial charge in [0.15, 0.2) is 0 Å². The molecule has 1 aliphatic heterocycles. The monoisotopic (exact) mass is 419 g/mol. The smallest absolute Gasteiger partial charge is 0.263 e. The van der Waals surface area contributed by atoms with Crippen molar-refractivity contribution in [1.29, 1.82) is 0 Å². The second kappa shape index (κ2) is 9.04. The van der Waals surface area contributed by atoms with E-state index in [0.717, 1.165) is 32.4 Å². The topological polar surface area (TPSA) is 80.6 Å². The third-order valence-electron chi connectivity index (χ3n) is 5.62. The van der Waals surface area contributed by atoms with E-state index in [1.165, 1.54) is 17.9 Å². The number of nitrogens with zero attached hydrogens (tertiary/aromatic N) is 2. The number of carbonyl (C=O) groups is 2. The van der Waals surface area contributed by atoms with Crippen LogP contribution in [-0.2, 0) is 4.79 Å². The number of piperidine rings is 1. The first-order valence-electron chi connectivity index (χ1n) is 10.4. The maximum atomic E-state index is 13.2. The third kappa shape index (κ3) is 4.17. The molecule has 4 rings (SSSR count). The highest BCUT2D eigenvalue weighted by Gasteiger charge is 2.20. The van der Waals surface area contributed by atoms with Gasteiger partial charge in [-0.05, 0) is 37.5 Å². The standard InChI is InChI=1S/C24H25N3O4/c1-31-21-12-6-5-11-20(21)27-16-19(17-9-3-4-10-18(17)24(27)30)23(29)25-15-22(28)26-13-7-2-8-14-26/h3-6,9-12,16H,2,7-8,13-15H2,1H3,(H,25,29). The molecular formula is C24H25N3O4. The number of hydrogen-bond acceptors (Lipinski definition) is 4. The van der Waals surface area contributed by atoms with E-state index in [-0.39, 0.29) is 18.0 Å². The summed E-state index contributed by atoms with van der Waals surface area (Å²) in [6.07, 6.45) is 4.64. The van der Waals surface area contributed by atoms with Gasteiger partial charge in [-0.25, -0.2) is 0 Å². The Labute approximate surface area is 180 Å². The van der Waals surface area contributed by atoms with E-state index in [4.69, 9.17) is 4.74 Å². The number of hydrogen-bond donors (Lipinski definition) is 1. The molecule has 160 valence electrons. The molecule has 7 heteroatoms. The molecule has 1 aromatic heterocycles. The van der Waals surface area contributed by atoms with Crippen LogP contribution in [0.4, 0.5) is 0 Å². The van der Waals surface area contributed by atoms with Gasteiger partial charge in [0.05, 0.1) is 24.9 Å². The van der Waals surface area contributed by atoms with Gasteiger partial charge < -0.3 is 15.0 Å². The lowest BCUT2D eigenvalue weighted by Crippen LogP contribution is -2.42. The van der Waals surface area contributed by atoms with Gasteiger partial charge in [0.2, 0.25) is 5.91 Å². The SMILES string of the molecule is COc1ccccc1-n1cc(C(=O)NCC(=O)N2CCCCC2)c2ccccc2c1=O. The maximum Gasteiger partial charge on any atom is 0.263 e. The number of rotatable bonds is 5. The van der Waals surface area contributed by atoms with Crippen molar-refractivity contribution in [2.75, 3.05) is 26.7 Å². The molecule has 0 atom stereocenters. The van der Waals surface area contributed by atoms with E-state index < -0.39 is 5.91 Å². The fourth-order valence-electron chi connectivity index (χ4n) is 3.99. The van der Waals surface area contributed by atoms with E-state index >= 15 is 0 Å². The van der Waals surface area contributed by atoms with E-state index in [1.54, 1.807) is 47.4 Å². The van der Waals surface area contributed by atoms with Gasteiger partial charge in [-0.1, -0.05) is 30.3 Å². The Balaban J connectivity index is 1.70. The third-order valence-corrected chi connectivity index (χ3v) is 5.62. The van der Waals surface area contributed by atoms with Gasteiger partial charge in [0, 0.05) is 30.1 Å². The Hall–Kier alpha value is -3.61. The van der Waals surface area contributed by atoms with Crippen LogP contribution in [0.15, 0.2) is 59.5 Å². The minimum absolute atomic E-state index is 0.0685. The number of fused-ring (bicyclic) bond motifs is 1. The lowest BCUT2D eigenvalue weighted by Gasteiger charge is -2.26. The largest absolute Gasteiger partial charge is 0.495 e. The molecule has 2 heterocycles. The summed E-state index contributed by atoms with van der Waals surface area (Å²) in [6, 6.07) is 14.1. The number of pyridine rings is 1. The average molecular weight is 419 g/mol. The lowest BCUT2D eigenvalue weighted by atomic mass is 10.1. The van der Waals surface area contributed by atoms with Crippen molar-refractivity contribution in [2.45, 2.75) is 19.3 Å². The highest BCUT2D eigenvalue weighted by atomic mass is 16.5. The van der Waals surface area contributed by atoms with Crippen LogP contribution in [0, 0.1) is 0 Å². The number of nitrogens with one attached hydrogen (secondary N) is 1. The summed E-state index contributed by atoms with van der Waals surface area (Å²) in [5.41, 5.74) is 0.618. The molecule has 3 aromatic rings. The molecule has 2 aromatic carbocycles. The van der Waals surface area contributed by atoms with E-state index in [1.807, 2.05) is 6.07 Å². The number of aromatic nitrogens is 1. The number of amides is 2. The predicted molar refractivity (Wildman–Crippen MR) is 119 cm³/mol. The first-order valence-corrected chi connectivity index (χ1v) is 10.4. The molecule has 1 aliphatic rings. The summed E-state index contributed by atoms with van der Waals surface area (Å²) in [4.78, 5) is 40.5. The number of benzene rings is 2. The number of likely N-dealkylation sites (tertiary alicyclic amines) is 1. The Morgan fingerprint density at radius 1 is 0.968 bits per heavy atom. The lowest BCUT2D eigenvalue weighted by molar-refractivity contribution is -0.130. The van der Waals surface area contributed by atoms with Crippen LogP contribution in [0.1, 0.15) is 29.6 Å². The second-order valence-electron chi connectivity index (χ2n) is 7.56. The van der Waals surface area contributed by atoms with Crippen molar-refractivity contribution in [1.82, 2.24) is 14.8 Å². The van der Waals surface area contributed by atoms with Gasteiger partial charge in [0.25, 0.3) is 11.5 Å². The zero-order chi connectivity index (χ0) is 21.8. The number of ether oxygens (including phenoxy) is 1. The maximum absolute atomic E-state index is 13.2. The molecule has 7 nitrogen and oxygen atoms in total. The Kier molecular flexibility index (Phi) is 6.02. The number of methoxy groups -OCH3 is 1. The number of carbonyl (C=O) groups excluding carboxylic acids is 2. The molecular weight excluding hydrogens is 394 g/mol. The summed E-state index contributed by atoms with van der Waals surface area (Å²) < 4.78 is 6.82. The molecule has 1 fully saturated rings. The molecule has 0 saturated carbocycles. The molecule has 0 spiro atoms. The quantitative estimate of drug-likeness (QED) is 0.690. The molecule has 0 bridgehead atoms. The highest BCUT2D eigenvalue weighted by molar-refractivity contribution is 6.07. The zero-order valence-electron chi connectivity index (χ0n) is 17.5. The van der Waals surface area contributed by atoms with E-state index in [9.17, 15) is 14.4 Å². The Morgan fingerprint density at radius 2 is 1.65 bits per heavy atom. The first-order chi connectivity index (χ1) is 15.1. The van der Waals surface area contributed by atoms with Crippen molar-refractivity contribution in [3.8, 4) is 11.4 Å². The fourth-order valence-corrected chi connectivity index (χ4v) is 3.99. The van der Waals surface area contributed by atoms with Crippen LogP contribution >= 0.6 is 0 Å². The highest BCUT2D eigenvalue weighted by Crippen LogP contribution is 2.23. The molecule has 2 amide bonds. The van der Waals surface area contributed by atoms with Crippen LogP contribution < -0.4 is 15.6 Å². The van der Waals surface area contributed by atoms with Crippen LogP contribution in [-0.4, -0.2) is 48.0 Å². The van der Waals surface area contributed by atoms with Crippen LogP contribution in [0.5, 0.6) is 5.75 Å². The van der Waals surface area contributed by atoms with Crippen LogP contribution in [0.25, 0.3) is 16.5 Å². The zero-order valence-corrected chi connectivity index (χ0v) is 17.5. The van der Waals surface area contributed by atoms with Gasteiger partial charge in [0.1, 0.15) is 5.75 Å². The van der Waals surface area contributed by atoms with Crippen molar-refractivity contribution in [3.63, 3.8) is 0 Å². The Bertz CT molecular complexity index is 1180. The summed E-state index contributed by atoms with van der Waals surface area (Å²) in [7, 11) is 1.53. The van der Waals surface area contributed by atoms with Gasteiger partial charge in [-0.2, -0.15) is 0 Å². The first kappa shape index (κ1) is 20.7. The normalized spacial score (nSPS) is 13.8. The molecule has 0 radical (unpaired) electrons. The van der Waals surface area contributed by atoms with Crippen molar-refractivity contribution in [3.05, 3.63) is 70.6 Å². The minimum Gasteiger partial charge on any atom is -0.495 e. The summed E-state index contributed by atoms with van der Waals surface area (Å²) >= 11 is 0. The van der Waals surface area contributed by atoms with Crippen LogP contribution in [0.3, 0.4) is 0 Å². The van der Waals surface area contributed by atoms with Crippen molar-refractivity contribution >= 4 is 22.6 Å². The van der Waals surface area contributed by atoms with Gasteiger partial charge in [-0.3, -0.25) is 19.0 Å². The number of para-hydroxylation sites is 2. The van der Waals surface area contributed by atoms with Crippen molar-refractivity contribution in [2.24, 2.45) is 0 Å². The molecule has 1 saturated heterocycles. The molecule has 1 N–H and O–H groups in total. The molecule has 0 unspecified atom stereocenters. The van der Waals surface area contributed by atoms with E-state index in [0.29, 0.717) is 27.8 Å². The summed E-state index contributed by atoms with van der Waals surface area (Å²) in [5, 5.41) is 3.70. The summed E-state index contributed by atoms with van der Waals surface area (Å²) in [6.45, 7) is 1.40.